The van der Waals surface area contributed by atoms with Crippen molar-refractivity contribution < 1.29 is 9.53 Å². The zero-order chi connectivity index (χ0) is 20.2. The van der Waals surface area contributed by atoms with Crippen LogP contribution < -0.4 is 5.32 Å². The summed E-state index contributed by atoms with van der Waals surface area (Å²) in [5, 5.41) is 7.38. The van der Waals surface area contributed by atoms with Gasteiger partial charge < -0.3 is 10.1 Å². The summed E-state index contributed by atoms with van der Waals surface area (Å²) in [6.45, 7) is 5.43. The van der Waals surface area contributed by atoms with E-state index in [1.807, 2.05) is 19.9 Å². The number of rotatable bonds is 5. The van der Waals surface area contributed by atoms with Crippen LogP contribution in [0.3, 0.4) is 0 Å². The van der Waals surface area contributed by atoms with Gasteiger partial charge in [0.1, 0.15) is 12.4 Å². The lowest BCUT2D eigenvalue weighted by atomic mass is 10.00. The fourth-order valence-electron chi connectivity index (χ4n) is 3.46. The Balaban J connectivity index is 1.44. The summed E-state index contributed by atoms with van der Waals surface area (Å²) < 4.78 is 7.13. The molecule has 0 spiro atoms. The van der Waals surface area contributed by atoms with E-state index in [4.69, 9.17) is 4.74 Å². The molecule has 4 heterocycles. The molecule has 0 aromatic carbocycles. The monoisotopic (exact) mass is 390 g/mol. The Hall–Kier alpha value is -3.39. The van der Waals surface area contributed by atoms with Crippen LogP contribution in [0.15, 0.2) is 43.0 Å². The Bertz CT molecular complexity index is 1040. The van der Waals surface area contributed by atoms with E-state index in [1.54, 1.807) is 35.5 Å². The number of amides is 1. The SMILES string of the molecule is Cc1nn(CC(=O)Nc2ccc(-c3cnccn3)cn2)c(C)c1C1=CCOCC1. The summed E-state index contributed by atoms with van der Waals surface area (Å²) in [6.07, 6.45) is 9.54. The van der Waals surface area contributed by atoms with E-state index in [9.17, 15) is 4.79 Å². The van der Waals surface area contributed by atoms with E-state index < -0.39 is 0 Å². The number of carbonyl (C=O) groups excluding carboxylic acids is 1. The molecule has 1 amide bonds. The zero-order valence-electron chi connectivity index (χ0n) is 16.4. The number of hydrogen-bond acceptors (Lipinski definition) is 6. The Kier molecular flexibility index (Phi) is 5.44. The highest BCUT2D eigenvalue weighted by atomic mass is 16.5. The minimum absolute atomic E-state index is 0.129. The fourth-order valence-corrected chi connectivity index (χ4v) is 3.46. The molecule has 8 nitrogen and oxygen atoms in total. The lowest BCUT2D eigenvalue weighted by molar-refractivity contribution is -0.117. The first-order valence-electron chi connectivity index (χ1n) is 9.45. The van der Waals surface area contributed by atoms with Gasteiger partial charge in [-0.05, 0) is 38.0 Å². The van der Waals surface area contributed by atoms with Gasteiger partial charge in [0.15, 0.2) is 0 Å². The van der Waals surface area contributed by atoms with Crippen LogP contribution in [0.5, 0.6) is 0 Å². The van der Waals surface area contributed by atoms with E-state index in [0.29, 0.717) is 19.0 Å². The third-order valence-corrected chi connectivity index (χ3v) is 4.85. The Morgan fingerprint density at radius 2 is 2.10 bits per heavy atom. The third-order valence-electron chi connectivity index (χ3n) is 4.85. The molecule has 1 N–H and O–H groups in total. The zero-order valence-corrected chi connectivity index (χ0v) is 16.4. The van der Waals surface area contributed by atoms with Crippen molar-refractivity contribution in [3.05, 3.63) is 59.9 Å². The first-order chi connectivity index (χ1) is 14.1. The number of hydrogen-bond donors (Lipinski definition) is 1. The summed E-state index contributed by atoms with van der Waals surface area (Å²) in [7, 11) is 0. The first-order valence-corrected chi connectivity index (χ1v) is 9.45. The van der Waals surface area contributed by atoms with E-state index >= 15 is 0 Å². The minimum atomic E-state index is -0.178. The average molecular weight is 390 g/mol. The molecule has 148 valence electrons. The summed E-state index contributed by atoms with van der Waals surface area (Å²) in [4.78, 5) is 25.1. The first kappa shape index (κ1) is 18.9. The van der Waals surface area contributed by atoms with Gasteiger partial charge in [0, 0.05) is 35.4 Å². The maximum Gasteiger partial charge on any atom is 0.247 e. The van der Waals surface area contributed by atoms with Gasteiger partial charge in [-0.25, -0.2) is 4.98 Å². The molecule has 0 bridgehead atoms. The maximum absolute atomic E-state index is 12.5. The van der Waals surface area contributed by atoms with Crippen molar-refractivity contribution in [2.24, 2.45) is 0 Å². The lowest BCUT2D eigenvalue weighted by Gasteiger charge is -2.14. The minimum Gasteiger partial charge on any atom is -0.377 e. The highest BCUT2D eigenvalue weighted by Gasteiger charge is 2.18. The van der Waals surface area contributed by atoms with Crippen LogP contribution in [0, 0.1) is 13.8 Å². The number of nitrogens with zero attached hydrogens (tertiary/aromatic N) is 5. The third kappa shape index (κ3) is 4.22. The van der Waals surface area contributed by atoms with Gasteiger partial charge in [-0.15, -0.1) is 0 Å². The molecule has 1 aliphatic rings. The van der Waals surface area contributed by atoms with Crippen molar-refractivity contribution >= 4 is 17.3 Å². The van der Waals surface area contributed by atoms with E-state index in [-0.39, 0.29) is 12.5 Å². The molecule has 8 heteroatoms. The molecule has 4 rings (SSSR count). The van der Waals surface area contributed by atoms with E-state index in [1.165, 1.54) is 5.57 Å². The summed E-state index contributed by atoms with van der Waals surface area (Å²) >= 11 is 0. The number of ether oxygens (including phenoxy) is 1. The van der Waals surface area contributed by atoms with Crippen molar-refractivity contribution in [1.29, 1.82) is 0 Å². The smallest absolute Gasteiger partial charge is 0.247 e. The quantitative estimate of drug-likeness (QED) is 0.720. The molecule has 3 aromatic heterocycles. The predicted octanol–water partition coefficient (Wildman–Crippen LogP) is 2.79. The molecule has 0 radical (unpaired) electrons. The van der Waals surface area contributed by atoms with E-state index in [0.717, 1.165) is 34.6 Å². The highest BCUT2D eigenvalue weighted by molar-refractivity contribution is 5.89. The van der Waals surface area contributed by atoms with Gasteiger partial charge in [-0.1, -0.05) is 6.08 Å². The normalized spacial score (nSPS) is 13.8. The van der Waals surface area contributed by atoms with Crippen LogP contribution >= 0.6 is 0 Å². The number of pyridine rings is 1. The molecule has 0 saturated carbocycles. The van der Waals surface area contributed by atoms with Crippen molar-refractivity contribution in [3.8, 4) is 11.3 Å². The molecule has 0 atom stereocenters. The van der Waals surface area contributed by atoms with Crippen molar-refractivity contribution in [2.75, 3.05) is 18.5 Å². The molecular weight excluding hydrogens is 368 g/mol. The number of aromatic nitrogens is 5. The second kappa shape index (κ2) is 8.32. The number of anilines is 1. The fraction of sp³-hybridized carbons (Fsp3) is 0.286. The number of aryl methyl sites for hydroxylation is 1. The average Bonchev–Trinajstić information content (AvgIpc) is 3.02. The van der Waals surface area contributed by atoms with Gasteiger partial charge in [0.05, 0.1) is 30.8 Å². The molecule has 29 heavy (non-hydrogen) atoms. The van der Waals surface area contributed by atoms with Crippen LogP contribution in [0.4, 0.5) is 5.82 Å². The topological polar surface area (TPSA) is 94.8 Å². The standard InChI is InChI=1S/C21H22N6O2/c1-14-21(16-5-9-29-10-6-16)15(2)27(26-14)13-20(28)25-19-4-3-17(11-24-19)18-12-22-7-8-23-18/h3-5,7-8,11-12H,6,9-10,13H2,1-2H3,(H,24,25,28). The van der Waals surface area contributed by atoms with Gasteiger partial charge in [-0.2, -0.15) is 5.10 Å². The molecule has 0 unspecified atom stereocenters. The van der Waals surface area contributed by atoms with Crippen molar-refractivity contribution in [1.82, 2.24) is 24.7 Å². The molecule has 1 aliphatic heterocycles. The summed E-state index contributed by atoms with van der Waals surface area (Å²) in [6, 6.07) is 3.60. The second-order valence-electron chi connectivity index (χ2n) is 6.83. The molecule has 0 fully saturated rings. The molecule has 3 aromatic rings. The van der Waals surface area contributed by atoms with Crippen LogP contribution in [0.2, 0.25) is 0 Å². The molecular formula is C21H22N6O2. The van der Waals surface area contributed by atoms with Gasteiger partial charge in [0.2, 0.25) is 5.91 Å². The Morgan fingerprint density at radius 3 is 2.79 bits per heavy atom. The van der Waals surface area contributed by atoms with Gasteiger partial charge in [0.25, 0.3) is 0 Å². The number of nitrogens with one attached hydrogen (secondary N) is 1. The van der Waals surface area contributed by atoms with Crippen LogP contribution in [-0.2, 0) is 16.1 Å². The number of carbonyl (C=O) groups is 1. The lowest BCUT2D eigenvalue weighted by Crippen LogP contribution is -2.21. The van der Waals surface area contributed by atoms with E-state index in [2.05, 4.69) is 31.4 Å². The Morgan fingerprint density at radius 1 is 1.21 bits per heavy atom. The largest absolute Gasteiger partial charge is 0.377 e. The van der Waals surface area contributed by atoms with Gasteiger partial charge in [-0.3, -0.25) is 19.4 Å². The van der Waals surface area contributed by atoms with Crippen LogP contribution in [0.25, 0.3) is 16.8 Å². The van der Waals surface area contributed by atoms with Crippen LogP contribution in [0.1, 0.15) is 23.4 Å². The Labute approximate surface area is 168 Å². The predicted molar refractivity (Wildman–Crippen MR) is 109 cm³/mol. The summed E-state index contributed by atoms with van der Waals surface area (Å²) in [5.41, 5.74) is 5.83. The second-order valence-corrected chi connectivity index (χ2v) is 6.83. The van der Waals surface area contributed by atoms with Crippen LogP contribution in [-0.4, -0.2) is 43.9 Å². The maximum atomic E-state index is 12.5. The summed E-state index contributed by atoms with van der Waals surface area (Å²) in [5.74, 6) is 0.305. The van der Waals surface area contributed by atoms with Gasteiger partial charge >= 0.3 is 0 Å². The molecule has 0 aliphatic carbocycles. The highest BCUT2D eigenvalue weighted by Crippen LogP contribution is 2.27. The molecule has 0 saturated heterocycles. The van der Waals surface area contributed by atoms with Crippen molar-refractivity contribution in [3.63, 3.8) is 0 Å². The van der Waals surface area contributed by atoms with Crippen molar-refractivity contribution in [2.45, 2.75) is 26.8 Å².